The molecule has 5 rings (SSSR count). The van der Waals surface area contributed by atoms with Crippen molar-refractivity contribution in [2.24, 2.45) is 50.2 Å². The fourth-order valence-electron chi connectivity index (χ4n) is 11.4. The number of esters is 2. The largest absolute Gasteiger partial charge is 0.481 e. The molecule has 4 fully saturated rings. The normalized spacial score (nSPS) is 46.8. The van der Waals surface area contributed by atoms with Crippen LogP contribution in [0.25, 0.3) is 0 Å². The highest BCUT2D eigenvalue weighted by atomic mass is 16.6. The van der Waals surface area contributed by atoms with Crippen molar-refractivity contribution in [3.8, 4) is 0 Å². The SMILES string of the molecule is CC(=O)O[C@@H]1C[C@]2(C)[C@H]3CC=C4[C@@H]5CC(C)(C)CC[C@]5(C(=O)O)CC[C@@]4(C)[C@]3(C)CC[C@H]2C(C)(C)[C@H]1OC(C)=O. The Kier molecular flexibility index (Phi) is 6.72. The summed E-state index contributed by atoms with van der Waals surface area (Å²) in [6.45, 7) is 19.2. The van der Waals surface area contributed by atoms with E-state index in [0.29, 0.717) is 18.3 Å². The van der Waals surface area contributed by atoms with E-state index in [1.165, 1.54) is 19.4 Å². The molecule has 6 heteroatoms. The van der Waals surface area contributed by atoms with Crippen LogP contribution in [0.2, 0.25) is 0 Å². The predicted molar refractivity (Wildman–Crippen MR) is 153 cm³/mol. The van der Waals surface area contributed by atoms with Crippen LogP contribution >= 0.6 is 0 Å². The molecule has 4 saturated carbocycles. The molecule has 0 heterocycles. The summed E-state index contributed by atoms with van der Waals surface area (Å²) >= 11 is 0. The third-order valence-electron chi connectivity index (χ3n) is 13.5. The number of carbonyl (C=O) groups is 3. The molecule has 0 aromatic carbocycles. The summed E-state index contributed by atoms with van der Waals surface area (Å²) in [6.07, 6.45) is 9.51. The summed E-state index contributed by atoms with van der Waals surface area (Å²) in [6, 6.07) is 0. The van der Waals surface area contributed by atoms with Crippen molar-refractivity contribution >= 4 is 17.9 Å². The molecular weight excluding hydrogens is 504 g/mol. The highest BCUT2D eigenvalue weighted by Gasteiger charge is 2.70. The predicted octanol–water partition coefficient (Wildman–Crippen LogP) is 7.35. The Morgan fingerprint density at radius 2 is 1.45 bits per heavy atom. The molecule has 1 N–H and O–H groups in total. The number of hydrogen-bond donors (Lipinski definition) is 1. The van der Waals surface area contributed by atoms with Gasteiger partial charge in [0.25, 0.3) is 0 Å². The van der Waals surface area contributed by atoms with Gasteiger partial charge in [-0.25, -0.2) is 0 Å². The zero-order valence-corrected chi connectivity index (χ0v) is 26.3. The van der Waals surface area contributed by atoms with Crippen molar-refractivity contribution in [2.45, 2.75) is 132 Å². The highest BCUT2D eigenvalue weighted by Crippen LogP contribution is 2.76. The molecule has 0 saturated heterocycles. The lowest BCUT2D eigenvalue weighted by atomic mass is 9.33. The number of carboxylic acids is 1. The summed E-state index contributed by atoms with van der Waals surface area (Å²) in [5.41, 5.74) is 0.360. The van der Waals surface area contributed by atoms with E-state index in [1.807, 2.05) is 0 Å². The summed E-state index contributed by atoms with van der Waals surface area (Å²) in [5, 5.41) is 10.6. The lowest BCUT2D eigenvalue weighted by Gasteiger charge is -2.71. The monoisotopic (exact) mass is 556 g/mol. The van der Waals surface area contributed by atoms with Crippen LogP contribution < -0.4 is 0 Å². The Morgan fingerprint density at radius 3 is 2.05 bits per heavy atom. The zero-order valence-electron chi connectivity index (χ0n) is 26.3. The molecule has 40 heavy (non-hydrogen) atoms. The molecule has 0 aromatic rings. The van der Waals surface area contributed by atoms with Crippen molar-refractivity contribution < 1.29 is 29.0 Å². The first-order valence-electron chi connectivity index (χ1n) is 15.6. The first kappa shape index (κ1) is 29.6. The lowest BCUT2D eigenvalue weighted by molar-refractivity contribution is -0.244. The molecule has 0 aliphatic heterocycles. The van der Waals surface area contributed by atoms with Crippen LogP contribution in [-0.4, -0.2) is 35.2 Å². The van der Waals surface area contributed by atoms with Gasteiger partial charge in [-0.15, -0.1) is 0 Å². The van der Waals surface area contributed by atoms with Gasteiger partial charge in [0, 0.05) is 19.3 Å². The Bertz CT molecular complexity index is 1140. The standard InChI is InChI=1S/C34H52O6/c1-20(35)39-24-19-31(7)25(30(5,6)27(24)40-21(2)36)12-13-33(9)26(31)11-10-22-23-18-29(3,4)14-16-34(23,28(37)38)17-15-32(22,33)8/h10,23-27H,11-19H2,1-9H3,(H,37,38)/t23-,24+,25-,26+,27-,31-,32+,33+,34-/m0/s1. The van der Waals surface area contributed by atoms with Gasteiger partial charge in [0.05, 0.1) is 5.41 Å². The summed E-state index contributed by atoms with van der Waals surface area (Å²) in [7, 11) is 0. The minimum Gasteiger partial charge on any atom is -0.481 e. The summed E-state index contributed by atoms with van der Waals surface area (Å²) < 4.78 is 11.8. The topological polar surface area (TPSA) is 89.9 Å². The molecule has 0 bridgehead atoms. The van der Waals surface area contributed by atoms with Crippen molar-refractivity contribution in [2.75, 3.05) is 0 Å². The van der Waals surface area contributed by atoms with E-state index in [1.54, 1.807) is 0 Å². The molecule has 5 aliphatic carbocycles. The Morgan fingerprint density at radius 1 is 0.825 bits per heavy atom. The Hall–Kier alpha value is -1.85. The van der Waals surface area contributed by atoms with Gasteiger partial charge >= 0.3 is 17.9 Å². The quantitative estimate of drug-likeness (QED) is 0.289. The highest BCUT2D eigenvalue weighted by molar-refractivity contribution is 5.76. The van der Waals surface area contributed by atoms with E-state index in [9.17, 15) is 19.5 Å². The van der Waals surface area contributed by atoms with Crippen LogP contribution in [-0.2, 0) is 23.9 Å². The number of aliphatic carboxylic acids is 1. The van der Waals surface area contributed by atoms with E-state index < -0.39 is 23.6 Å². The van der Waals surface area contributed by atoms with E-state index in [-0.39, 0.29) is 44.9 Å². The summed E-state index contributed by atoms with van der Waals surface area (Å²) in [4.78, 5) is 37.3. The van der Waals surface area contributed by atoms with E-state index in [0.717, 1.165) is 51.4 Å². The smallest absolute Gasteiger partial charge is 0.310 e. The van der Waals surface area contributed by atoms with Gasteiger partial charge in [0.1, 0.15) is 12.2 Å². The third-order valence-corrected chi connectivity index (χ3v) is 13.5. The minimum absolute atomic E-state index is 0.000288. The number of rotatable bonds is 3. The van der Waals surface area contributed by atoms with Crippen LogP contribution in [0.5, 0.6) is 0 Å². The van der Waals surface area contributed by atoms with Gasteiger partial charge in [-0.1, -0.05) is 60.1 Å². The lowest BCUT2D eigenvalue weighted by Crippen LogP contribution is -2.67. The van der Waals surface area contributed by atoms with Crippen molar-refractivity contribution in [1.82, 2.24) is 0 Å². The number of ether oxygens (including phenoxy) is 2. The van der Waals surface area contributed by atoms with Gasteiger partial charge in [0.2, 0.25) is 0 Å². The summed E-state index contributed by atoms with van der Waals surface area (Å²) in [5.74, 6) is -0.528. The van der Waals surface area contributed by atoms with E-state index >= 15 is 0 Å². The Balaban J connectivity index is 1.59. The fraction of sp³-hybridized carbons (Fsp3) is 0.853. The fourth-order valence-corrected chi connectivity index (χ4v) is 11.4. The van der Waals surface area contributed by atoms with Gasteiger partial charge in [0.15, 0.2) is 0 Å². The molecule has 5 aliphatic rings. The van der Waals surface area contributed by atoms with Crippen LogP contribution in [0, 0.1) is 50.2 Å². The van der Waals surface area contributed by atoms with Gasteiger partial charge in [-0.2, -0.15) is 0 Å². The maximum absolute atomic E-state index is 12.9. The molecular formula is C34H52O6. The van der Waals surface area contributed by atoms with Crippen molar-refractivity contribution in [1.29, 1.82) is 0 Å². The minimum atomic E-state index is -0.643. The maximum atomic E-state index is 12.9. The zero-order chi connectivity index (χ0) is 29.7. The molecule has 0 aromatic heterocycles. The van der Waals surface area contributed by atoms with Crippen LogP contribution in [0.3, 0.4) is 0 Å². The van der Waals surface area contributed by atoms with E-state index in [2.05, 4.69) is 54.5 Å². The molecule has 224 valence electrons. The molecule has 9 atom stereocenters. The molecule has 0 radical (unpaired) electrons. The second-order valence-electron chi connectivity index (χ2n) is 16.4. The Labute approximate surface area is 241 Å². The van der Waals surface area contributed by atoms with Crippen molar-refractivity contribution in [3.63, 3.8) is 0 Å². The number of fused-ring (bicyclic) bond motifs is 7. The number of carboxylic acid groups (broad SMARTS) is 1. The molecule has 6 nitrogen and oxygen atoms in total. The van der Waals surface area contributed by atoms with Crippen LogP contribution in [0.1, 0.15) is 120 Å². The van der Waals surface area contributed by atoms with Crippen LogP contribution in [0.15, 0.2) is 11.6 Å². The molecule has 0 spiro atoms. The number of carbonyl (C=O) groups excluding carboxylic acids is 2. The second kappa shape index (κ2) is 9.07. The molecule has 0 amide bonds. The average molecular weight is 557 g/mol. The first-order valence-corrected chi connectivity index (χ1v) is 15.6. The van der Waals surface area contributed by atoms with Gasteiger partial charge in [-0.3, -0.25) is 14.4 Å². The number of allylic oxidation sites excluding steroid dienone is 2. The third kappa shape index (κ3) is 3.96. The second-order valence-corrected chi connectivity index (χ2v) is 16.4. The molecule has 0 unspecified atom stereocenters. The van der Waals surface area contributed by atoms with Gasteiger partial charge in [-0.05, 0) is 97.2 Å². The van der Waals surface area contributed by atoms with Crippen molar-refractivity contribution in [3.05, 3.63) is 11.6 Å². The number of hydrogen-bond acceptors (Lipinski definition) is 5. The first-order chi connectivity index (χ1) is 18.3. The van der Waals surface area contributed by atoms with Gasteiger partial charge < -0.3 is 14.6 Å². The van der Waals surface area contributed by atoms with E-state index in [4.69, 9.17) is 9.47 Å². The van der Waals surface area contributed by atoms with Crippen LogP contribution in [0.4, 0.5) is 0 Å². The maximum Gasteiger partial charge on any atom is 0.310 e. The average Bonchev–Trinajstić information content (AvgIpc) is 2.81.